The first-order valence-electron chi connectivity index (χ1n) is 7.99. The van der Waals surface area contributed by atoms with Crippen molar-refractivity contribution in [1.29, 1.82) is 0 Å². The zero-order valence-corrected chi connectivity index (χ0v) is 14.0. The molecule has 1 aliphatic rings. The molecule has 1 fully saturated rings. The van der Waals surface area contributed by atoms with E-state index in [2.05, 4.69) is 15.3 Å². The fraction of sp³-hybridized carbons (Fsp3) is 0.333. The summed E-state index contributed by atoms with van der Waals surface area (Å²) < 4.78 is 0. The number of carbonyl (C=O) groups excluding carboxylic acids is 2. The summed E-state index contributed by atoms with van der Waals surface area (Å²) >= 11 is 0. The number of rotatable bonds is 3. The minimum Gasteiger partial charge on any atom is -0.322 e. The number of aromatic nitrogens is 2. The molecule has 1 atom stereocenters. The number of amides is 2. The Labute approximate surface area is 140 Å². The second-order valence-corrected chi connectivity index (χ2v) is 6.08. The Morgan fingerprint density at radius 1 is 1.25 bits per heavy atom. The summed E-state index contributed by atoms with van der Waals surface area (Å²) in [6, 6.07) is 7.53. The number of carbonyl (C=O) groups is 2. The smallest absolute Gasteiger partial charge is 0.259 e. The predicted molar refractivity (Wildman–Crippen MR) is 92.1 cm³/mol. The molecule has 1 N–H and O–H groups in total. The lowest BCUT2D eigenvalue weighted by Gasteiger charge is -2.22. The van der Waals surface area contributed by atoms with Gasteiger partial charge in [0.1, 0.15) is 6.33 Å². The molecule has 1 aromatic carbocycles. The van der Waals surface area contributed by atoms with Crippen molar-refractivity contribution in [3.63, 3.8) is 0 Å². The average Bonchev–Trinajstić information content (AvgIpc) is 2.86. The highest BCUT2D eigenvalue weighted by Crippen LogP contribution is 2.28. The number of nitrogens with one attached hydrogen (secondary N) is 1. The third kappa shape index (κ3) is 2.99. The standard InChI is InChI=1S/C18H20N4O2/c1-11-7-8-16(23)22(11)15-6-4-5-14(9-15)21-18(24)17-12(2)19-10-20-13(17)3/h4-6,9-11H,7-8H2,1-3H3,(H,21,24). The van der Waals surface area contributed by atoms with Crippen molar-refractivity contribution in [2.75, 3.05) is 10.2 Å². The van der Waals surface area contributed by atoms with Crippen molar-refractivity contribution in [1.82, 2.24) is 9.97 Å². The lowest BCUT2D eigenvalue weighted by Crippen LogP contribution is -2.30. The van der Waals surface area contributed by atoms with Gasteiger partial charge in [-0.1, -0.05) is 6.07 Å². The largest absolute Gasteiger partial charge is 0.322 e. The van der Waals surface area contributed by atoms with E-state index in [0.717, 1.165) is 12.1 Å². The van der Waals surface area contributed by atoms with E-state index >= 15 is 0 Å². The molecule has 0 saturated carbocycles. The first kappa shape index (κ1) is 16.1. The van der Waals surface area contributed by atoms with Crippen molar-refractivity contribution in [2.24, 2.45) is 0 Å². The lowest BCUT2D eigenvalue weighted by molar-refractivity contribution is -0.117. The third-order valence-corrected chi connectivity index (χ3v) is 4.32. The first-order chi connectivity index (χ1) is 11.5. The fourth-order valence-electron chi connectivity index (χ4n) is 3.07. The van der Waals surface area contributed by atoms with Gasteiger partial charge in [-0.3, -0.25) is 9.59 Å². The van der Waals surface area contributed by atoms with E-state index in [9.17, 15) is 9.59 Å². The molecule has 124 valence electrons. The number of hydrogen-bond acceptors (Lipinski definition) is 4. The molecule has 1 aliphatic heterocycles. The van der Waals surface area contributed by atoms with E-state index in [4.69, 9.17) is 0 Å². The number of benzene rings is 1. The molecule has 6 heteroatoms. The van der Waals surface area contributed by atoms with Crippen LogP contribution in [0.15, 0.2) is 30.6 Å². The van der Waals surface area contributed by atoms with Gasteiger partial charge in [0, 0.05) is 23.8 Å². The van der Waals surface area contributed by atoms with Crippen LogP contribution < -0.4 is 10.2 Å². The van der Waals surface area contributed by atoms with Crippen LogP contribution in [0, 0.1) is 13.8 Å². The highest BCUT2D eigenvalue weighted by molar-refractivity contribution is 6.06. The van der Waals surface area contributed by atoms with Gasteiger partial charge in [0.05, 0.1) is 17.0 Å². The molecule has 0 radical (unpaired) electrons. The molecule has 1 aromatic heterocycles. The third-order valence-electron chi connectivity index (χ3n) is 4.32. The Balaban J connectivity index is 1.85. The van der Waals surface area contributed by atoms with Crippen molar-refractivity contribution in [3.8, 4) is 0 Å². The quantitative estimate of drug-likeness (QED) is 0.942. The summed E-state index contributed by atoms with van der Waals surface area (Å²) in [5.74, 6) is -0.127. The molecule has 2 heterocycles. The number of anilines is 2. The van der Waals surface area contributed by atoms with Crippen LogP contribution in [0.25, 0.3) is 0 Å². The average molecular weight is 324 g/mol. The molecule has 3 rings (SSSR count). The summed E-state index contributed by atoms with van der Waals surface area (Å²) in [7, 11) is 0. The Morgan fingerprint density at radius 2 is 1.96 bits per heavy atom. The fourth-order valence-corrected chi connectivity index (χ4v) is 3.07. The predicted octanol–water partition coefficient (Wildman–Crippen LogP) is 2.86. The van der Waals surface area contributed by atoms with E-state index in [-0.39, 0.29) is 17.9 Å². The van der Waals surface area contributed by atoms with Crippen molar-refractivity contribution >= 4 is 23.2 Å². The molecular formula is C18H20N4O2. The van der Waals surface area contributed by atoms with Gasteiger partial charge in [-0.2, -0.15) is 0 Å². The number of hydrogen-bond donors (Lipinski definition) is 1. The maximum Gasteiger partial charge on any atom is 0.259 e. The Morgan fingerprint density at radius 3 is 2.58 bits per heavy atom. The van der Waals surface area contributed by atoms with Crippen LogP contribution in [0.5, 0.6) is 0 Å². The van der Waals surface area contributed by atoms with Crippen LogP contribution in [0.4, 0.5) is 11.4 Å². The summed E-state index contributed by atoms with van der Waals surface area (Å²) in [5.41, 5.74) is 3.21. The SMILES string of the molecule is Cc1ncnc(C)c1C(=O)Nc1cccc(N2C(=O)CCC2C)c1. The van der Waals surface area contributed by atoms with Gasteiger partial charge < -0.3 is 10.2 Å². The molecule has 2 aromatic rings. The maximum absolute atomic E-state index is 12.5. The van der Waals surface area contributed by atoms with Crippen LogP contribution in [-0.2, 0) is 4.79 Å². The van der Waals surface area contributed by atoms with E-state index < -0.39 is 0 Å². The molecule has 0 bridgehead atoms. The molecule has 0 aliphatic carbocycles. The summed E-state index contributed by atoms with van der Waals surface area (Å²) in [5, 5.41) is 2.88. The Kier molecular flexibility index (Phi) is 4.29. The molecule has 1 unspecified atom stereocenters. The molecule has 1 saturated heterocycles. The summed E-state index contributed by atoms with van der Waals surface area (Å²) in [6.45, 7) is 5.60. The Hall–Kier alpha value is -2.76. The van der Waals surface area contributed by atoms with Gasteiger partial charge in [0.15, 0.2) is 0 Å². The van der Waals surface area contributed by atoms with Gasteiger partial charge in [0.25, 0.3) is 5.91 Å². The highest BCUT2D eigenvalue weighted by Gasteiger charge is 2.28. The first-order valence-corrected chi connectivity index (χ1v) is 7.99. The van der Waals surface area contributed by atoms with Gasteiger partial charge in [-0.05, 0) is 45.4 Å². The molecule has 6 nitrogen and oxygen atoms in total. The lowest BCUT2D eigenvalue weighted by atomic mass is 10.1. The summed E-state index contributed by atoms with van der Waals surface area (Å²) in [6.07, 6.45) is 2.87. The van der Waals surface area contributed by atoms with Gasteiger partial charge in [-0.15, -0.1) is 0 Å². The van der Waals surface area contributed by atoms with E-state index in [0.29, 0.717) is 29.1 Å². The zero-order valence-electron chi connectivity index (χ0n) is 14.0. The molecule has 24 heavy (non-hydrogen) atoms. The molecule has 0 spiro atoms. The Bertz CT molecular complexity index is 783. The van der Waals surface area contributed by atoms with E-state index in [1.54, 1.807) is 24.8 Å². The second-order valence-electron chi connectivity index (χ2n) is 6.08. The minimum absolute atomic E-state index is 0.120. The van der Waals surface area contributed by atoms with Crippen LogP contribution in [0.2, 0.25) is 0 Å². The highest BCUT2D eigenvalue weighted by atomic mass is 16.2. The minimum atomic E-state index is -0.247. The van der Waals surface area contributed by atoms with Gasteiger partial charge >= 0.3 is 0 Å². The molecular weight excluding hydrogens is 304 g/mol. The van der Waals surface area contributed by atoms with Crippen LogP contribution in [0.1, 0.15) is 41.5 Å². The monoisotopic (exact) mass is 324 g/mol. The zero-order chi connectivity index (χ0) is 17.3. The normalized spacial score (nSPS) is 17.2. The van der Waals surface area contributed by atoms with E-state index in [1.807, 2.05) is 25.1 Å². The van der Waals surface area contributed by atoms with Crippen molar-refractivity contribution in [3.05, 3.63) is 47.5 Å². The second kappa shape index (κ2) is 6.39. The van der Waals surface area contributed by atoms with Crippen LogP contribution in [0.3, 0.4) is 0 Å². The topological polar surface area (TPSA) is 75.2 Å². The van der Waals surface area contributed by atoms with Crippen molar-refractivity contribution < 1.29 is 9.59 Å². The maximum atomic E-state index is 12.5. The van der Waals surface area contributed by atoms with Gasteiger partial charge in [0.2, 0.25) is 5.91 Å². The van der Waals surface area contributed by atoms with Crippen molar-refractivity contribution in [2.45, 2.75) is 39.7 Å². The summed E-state index contributed by atoms with van der Waals surface area (Å²) in [4.78, 5) is 34.5. The van der Waals surface area contributed by atoms with Gasteiger partial charge in [-0.25, -0.2) is 9.97 Å². The number of aryl methyl sites for hydroxylation is 2. The van der Waals surface area contributed by atoms with E-state index in [1.165, 1.54) is 6.33 Å². The van der Waals surface area contributed by atoms with Crippen LogP contribution >= 0.6 is 0 Å². The molecule has 2 amide bonds. The number of nitrogens with zero attached hydrogens (tertiary/aromatic N) is 3. The van der Waals surface area contributed by atoms with Crippen LogP contribution in [-0.4, -0.2) is 27.8 Å².